The minimum atomic E-state index is 0.170. The van der Waals surface area contributed by atoms with Gasteiger partial charge in [0.1, 0.15) is 5.75 Å². The van der Waals surface area contributed by atoms with Crippen LogP contribution in [-0.4, -0.2) is 22.2 Å². The summed E-state index contributed by atoms with van der Waals surface area (Å²) in [7, 11) is 1.54. The Balaban J connectivity index is 2.50. The van der Waals surface area contributed by atoms with Crippen molar-refractivity contribution in [3.8, 4) is 23.0 Å². The Morgan fingerprint density at radius 3 is 2.76 bits per heavy atom. The van der Waals surface area contributed by atoms with E-state index in [4.69, 9.17) is 10.5 Å². The van der Waals surface area contributed by atoms with Crippen LogP contribution in [0.3, 0.4) is 0 Å². The van der Waals surface area contributed by atoms with Crippen LogP contribution < -0.4 is 10.5 Å². The third-order valence-electron chi connectivity index (χ3n) is 2.28. The maximum absolute atomic E-state index is 9.42. The van der Waals surface area contributed by atoms with Gasteiger partial charge in [0.15, 0.2) is 5.82 Å². The van der Waals surface area contributed by atoms with Gasteiger partial charge in [-0.05, 0) is 12.1 Å². The summed E-state index contributed by atoms with van der Waals surface area (Å²) in [5, 5.41) is 9.42. The van der Waals surface area contributed by atoms with E-state index >= 15 is 0 Å². The number of methoxy groups -OCH3 is 1. The molecule has 3 N–H and O–H groups in total. The minimum Gasteiger partial charge on any atom is -0.508 e. The van der Waals surface area contributed by atoms with Crippen LogP contribution >= 0.6 is 0 Å². The van der Waals surface area contributed by atoms with Crippen LogP contribution in [0.25, 0.3) is 11.4 Å². The summed E-state index contributed by atoms with van der Waals surface area (Å²) in [6.07, 6.45) is 0. The molecule has 0 saturated heterocycles. The van der Waals surface area contributed by atoms with Crippen LogP contribution in [0.2, 0.25) is 0 Å². The molecule has 0 fully saturated rings. The molecule has 2 aromatic rings. The van der Waals surface area contributed by atoms with Gasteiger partial charge in [-0.25, -0.2) is 4.98 Å². The fraction of sp³-hybridized carbons (Fsp3) is 0.167. The monoisotopic (exact) mass is 231 g/mol. The van der Waals surface area contributed by atoms with E-state index in [1.807, 2.05) is 6.07 Å². The predicted octanol–water partition coefficient (Wildman–Crippen LogP) is 1.32. The second-order valence-electron chi connectivity index (χ2n) is 3.48. The summed E-state index contributed by atoms with van der Waals surface area (Å²) in [6, 6.07) is 8.42. The van der Waals surface area contributed by atoms with Crippen molar-refractivity contribution in [3.63, 3.8) is 0 Å². The molecule has 0 bridgehead atoms. The van der Waals surface area contributed by atoms with Crippen molar-refractivity contribution in [2.45, 2.75) is 6.54 Å². The summed E-state index contributed by atoms with van der Waals surface area (Å²) in [4.78, 5) is 8.50. The fourth-order valence-corrected chi connectivity index (χ4v) is 1.46. The van der Waals surface area contributed by atoms with Gasteiger partial charge in [0.25, 0.3) is 0 Å². The number of aromatic hydroxyl groups is 1. The van der Waals surface area contributed by atoms with Gasteiger partial charge in [0, 0.05) is 18.2 Å². The molecule has 2 rings (SSSR count). The standard InChI is InChI=1S/C12H13N3O2/c1-17-11-6-9(7-13)14-12(15-11)8-3-2-4-10(16)5-8/h2-6,16H,7,13H2,1H3. The molecule has 1 aromatic carbocycles. The largest absolute Gasteiger partial charge is 0.508 e. The quantitative estimate of drug-likeness (QED) is 0.832. The first kappa shape index (κ1) is 11.3. The summed E-state index contributed by atoms with van der Waals surface area (Å²) in [6.45, 7) is 0.310. The second kappa shape index (κ2) is 4.80. The molecule has 1 aromatic heterocycles. The normalized spacial score (nSPS) is 10.2. The van der Waals surface area contributed by atoms with Crippen molar-refractivity contribution in [3.05, 3.63) is 36.0 Å². The van der Waals surface area contributed by atoms with Gasteiger partial charge >= 0.3 is 0 Å². The number of nitrogens with zero attached hydrogens (tertiary/aromatic N) is 2. The van der Waals surface area contributed by atoms with Crippen molar-refractivity contribution in [1.82, 2.24) is 9.97 Å². The minimum absolute atomic E-state index is 0.170. The van der Waals surface area contributed by atoms with Crippen molar-refractivity contribution in [1.29, 1.82) is 0 Å². The SMILES string of the molecule is COc1cc(CN)nc(-c2cccc(O)c2)n1. The van der Waals surface area contributed by atoms with Crippen LogP contribution in [0.4, 0.5) is 0 Å². The molecule has 5 nitrogen and oxygen atoms in total. The molecule has 0 aliphatic rings. The molecule has 1 heterocycles. The van der Waals surface area contributed by atoms with E-state index in [1.165, 1.54) is 7.11 Å². The molecule has 88 valence electrons. The van der Waals surface area contributed by atoms with E-state index in [1.54, 1.807) is 24.3 Å². The molecular weight excluding hydrogens is 218 g/mol. The molecule has 0 aliphatic heterocycles. The highest BCUT2D eigenvalue weighted by molar-refractivity contribution is 5.57. The Labute approximate surface area is 98.9 Å². The zero-order valence-corrected chi connectivity index (χ0v) is 9.42. The number of benzene rings is 1. The van der Waals surface area contributed by atoms with Crippen LogP contribution in [0, 0.1) is 0 Å². The van der Waals surface area contributed by atoms with Crippen LogP contribution in [-0.2, 0) is 6.54 Å². The van der Waals surface area contributed by atoms with E-state index in [9.17, 15) is 5.11 Å². The number of rotatable bonds is 3. The van der Waals surface area contributed by atoms with Gasteiger partial charge in [-0.2, -0.15) is 4.98 Å². The number of phenols is 1. The smallest absolute Gasteiger partial charge is 0.216 e. The molecule has 0 spiro atoms. The van der Waals surface area contributed by atoms with Crippen molar-refractivity contribution >= 4 is 0 Å². The number of nitrogens with two attached hydrogens (primary N) is 1. The van der Waals surface area contributed by atoms with Gasteiger partial charge in [-0.15, -0.1) is 0 Å². The number of hydrogen-bond donors (Lipinski definition) is 2. The number of aromatic nitrogens is 2. The van der Waals surface area contributed by atoms with Gasteiger partial charge in [-0.1, -0.05) is 12.1 Å². The van der Waals surface area contributed by atoms with E-state index in [2.05, 4.69) is 9.97 Å². The molecule has 0 saturated carbocycles. The van der Waals surface area contributed by atoms with E-state index in [0.29, 0.717) is 23.9 Å². The summed E-state index contributed by atoms with van der Waals surface area (Å²) < 4.78 is 5.08. The fourth-order valence-electron chi connectivity index (χ4n) is 1.46. The first-order valence-electron chi connectivity index (χ1n) is 5.14. The van der Waals surface area contributed by atoms with Crippen molar-refractivity contribution < 1.29 is 9.84 Å². The lowest BCUT2D eigenvalue weighted by Crippen LogP contribution is -2.03. The molecule has 0 atom stereocenters. The summed E-state index contributed by atoms with van der Waals surface area (Å²) in [5.74, 6) is 1.11. The number of ether oxygens (including phenoxy) is 1. The average Bonchev–Trinajstić information content (AvgIpc) is 2.38. The van der Waals surface area contributed by atoms with Gasteiger partial charge in [0.2, 0.25) is 5.88 Å². The van der Waals surface area contributed by atoms with Gasteiger partial charge in [0.05, 0.1) is 12.8 Å². The molecule has 0 aliphatic carbocycles. The molecule has 0 radical (unpaired) electrons. The second-order valence-corrected chi connectivity index (χ2v) is 3.48. The Bertz CT molecular complexity index is 507. The first-order chi connectivity index (χ1) is 8.22. The summed E-state index contributed by atoms with van der Waals surface area (Å²) >= 11 is 0. The Morgan fingerprint density at radius 1 is 1.29 bits per heavy atom. The first-order valence-corrected chi connectivity index (χ1v) is 5.14. The molecule has 5 heteroatoms. The van der Waals surface area contributed by atoms with E-state index < -0.39 is 0 Å². The predicted molar refractivity (Wildman–Crippen MR) is 63.6 cm³/mol. The zero-order valence-electron chi connectivity index (χ0n) is 9.42. The number of hydrogen-bond acceptors (Lipinski definition) is 5. The van der Waals surface area contributed by atoms with Crippen LogP contribution in [0.15, 0.2) is 30.3 Å². The van der Waals surface area contributed by atoms with Crippen LogP contribution in [0.1, 0.15) is 5.69 Å². The van der Waals surface area contributed by atoms with Gasteiger partial charge in [-0.3, -0.25) is 0 Å². The van der Waals surface area contributed by atoms with Gasteiger partial charge < -0.3 is 15.6 Å². The Morgan fingerprint density at radius 2 is 2.12 bits per heavy atom. The molecule has 0 amide bonds. The van der Waals surface area contributed by atoms with E-state index in [0.717, 1.165) is 5.56 Å². The lowest BCUT2D eigenvalue weighted by molar-refractivity contribution is 0.396. The summed E-state index contributed by atoms with van der Waals surface area (Å²) in [5.41, 5.74) is 6.97. The van der Waals surface area contributed by atoms with Crippen molar-refractivity contribution in [2.24, 2.45) is 5.73 Å². The maximum atomic E-state index is 9.42. The maximum Gasteiger partial charge on any atom is 0.216 e. The topological polar surface area (TPSA) is 81.3 Å². The highest BCUT2D eigenvalue weighted by Crippen LogP contribution is 2.22. The van der Waals surface area contributed by atoms with E-state index in [-0.39, 0.29) is 5.75 Å². The molecular formula is C12H13N3O2. The third kappa shape index (κ3) is 2.51. The lowest BCUT2D eigenvalue weighted by atomic mass is 10.2. The Hall–Kier alpha value is -2.14. The molecule has 0 unspecified atom stereocenters. The number of phenolic OH excluding ortho intramolecular Hbond substituents is 1. The highest BCUT2D eigenvalue weighted by Gasteiger charge is 2.07. The zero-order chi connectivity index (χ0) is 12.3. The third-order valence-corrected chi connectivity index (χ3v) is 2.28. The van der Waals surface area contributed by atoms with Crippen molar-refractivity contribution in [2.75, 3.05) is 7.11 Å². The highest BCUT2D eigenvalue weighted by atomic mass is 16.5. The van der Waals surface area contributed by atoms with Crippen LogP contribution in [0.5, 0.6) is 11.6 Å². The lowest BCUT2D eigenvalue weighted by Gasteiger charge is -2.06. The average molecular weight is 231 g/mol. The Kier molecular flexibility index (Phi) is 3.20. The molecule has 17 heavy (non-hydrogen) atoms.